The van der Waals surface area contributed by atoms with Gasteiger partial charge in [0, 0.05) is 45.2 Å². The molecule has 1 aliphatic heterocycles. The third-order valence-corrected chi connectivity index (χ3v) is 10.3. The molecule has 1 saturated carbocycles. The number of carbonyl (C=O) groups excluding carboxylic acids is 1. The SMILES string of the molecule is COC1CC(N2CCCN2)CCC1S(=O)(=O)c1ccc(CNC(=O)c2cc3ccncc3s2)cc1. The number of carbonyl (C=O) groups is 1. The van der Waals surface area contributed by atoms with Gasteiger partial charge in [0.15, 0.2) is 9.84 Å². The highest BCUT2D eigenvalue weighted by Gasteiger charge is 2.41. The molecule has 2 fully saturated rings. The summed E-state index contributed by atoms with van der Waals surface area (Å²) in [7, 11) is -1.93. The molecule has 1 aromatic carbocycles. The van der Waals surface area contributed by atoms with Crippen LogP contribution in [0.15, 0.2) is 53.7 Å². The van der Waals surface area contributed by atoms with Crippen molar-refractivity contribution in [1.82, 2.24) is 20.7 Å². The van der Waals surface area contributed by atoms with Crippen LogP contribution in [0.5, 0.6) is 0 Å². The van der Waals surface area contributed by atoms with E-state index in [2.05, 4.69) is 20.7 Å². The number of ether oxygens (including phenoxy) is 1. The van der Waals surface area contributed by atoms with Gasteiger partial charge in [0.05, 0.1) is 25.8 Å². The van der Waals surface area contributed by atoms with Crippen molar-refractivity contribution in [2.24, 2.45) is 0 Å². The number of hydrogen-bond acceptors (Lipinski definition) is 8. The fourth-order valence-corrected chi connectivity index (χ4v) is 7.95. The van der Waals surface area contributed by atoms with Crippen LogP contribution < -0.4 is 10.7 Å². The molecule has 0 spiro atoms. The lowest BCUT2D eigenvalue weighted by Gasteiger charge is -2.38. The zero-order valence-corrected chi connectivity index (χ0v) is 21.3. The zero-order valence-electron chi connectivity index (χ0n) is 19.6. The lowest BCUT2D eigenvalue weighted by atomic mass is 9.92. The Kier molecular flexibility index (Phi) is 7.17. The smallest absolute Gasteiger partial charge is 0.261 e. The fraction of sp³-hybridized carbons (Fsp3) is 0.440. The van der Waals surface area contributed by atoms with E-state index >= 15 is 0 Å². The van der Waals surface area contributed by atoms with Crippen LogP contribution in [0.3, 0.4) is 0 Å². The average molecular weight is 515 g/mol. The summed E-state index contributed by atoms with van der Waals surface area (Å²) in [5.41, 5.74) is 4.24. The van der Waals surface area contributed by atoms with Crippen molar-refractivity contribution in [2.75, 3.05) is 20.2 Å². The number of benzene rings is 1. The molecular formula is C25H30N4O4S2. The largest absolute Gasteiger partial charge is 0.380 e. The first-order valence-corrected chi connectivity index (χ1v) is 14.3. The maximum atomic E-state index is 13.4. The molecule has 3 atom stereocenters. The number of nitrogens with one attached hydrogen (secondary N) is 2. The van der Waals surface area contributed by atoms with Gasteiger partial charge >= 0.3 is 0 Å². The minimum absolute atomic E-state index is 0.157. The number of thiophene rings is 1. The minimum Gasteiger partial charge on any atom is -0.380 e. The molecule has 186 valence electrons. The molecule has 2 aromatic heterocycles. The molecule has 8 nitrogen and oxygen atoms in total. The first kappa shape index (κ1) is 24.3. The number of sulfone groups is 1. The summed E-state index contributed by atoms with van der Waals surface area (Å²) in [6.07, 6.45) is 6.34. The number of methoxy groups -OCH3 is 1. The van der Waals surface area contributed by atoms with Gasteiger partial charge in [0.2, 0.25) is 0 Å². The Labute approximate surface area is 209 Å². The van der Waals surface area contributed by atoms with Gasteiger partial charge in [0.25, 0.3) is 5.91 Å². The highest BCUT2D eigenvalue weighted by Crippen LogP contribution is 2.33. The Hall–Kier alpha value is -2.37. The van der Waals surface area contributed by atoms with Crippen LogP contribution >= 0.6 is 11.3 Å². The predicted molar refractivity (Wildman–Crippen MR) is 136 cm³/mol. The lowest BCUT2D eigenvalue weighted by molar-refractivity contribution is 0.0246. The molecule has 3 unspecified atom stereocenters. The van der Waals surface area contributed by atoms with E-state index in [1.54, 1.807) is 43.8 Å². The first-order valence-electron chi connectivity index (χ1n) is 11.9. The van der Waals surface area contributed by atoms with E-state index in [0.29, 0.717) is 35.2 Å². The number of pyridine rings is 1. The summed E-state index contributed by atoms with van der Waals surface area (Å²) in [5, 5.41) is 5.59. The second kappa shape index (κ2) is 10.3. The average Bonchev–Trinajstić information content (AvgIpc) is 3.57. The molecule has 5 rings (SSSR count). The number of nitrogens with zero attached hydrogens (tertiary/aromatic N) is 2. The lowest BCUT2D eigenvalue weighted by Crippen LogP contribution is -2.50. The van der Waals surface area contributed by atoms with Crippen molar-refractivity contribution in [3.8, 4) is 0 Å². The van der Waals surface area contributed by atoms with Crippen molar-refractivity contribution < 1.29 is 17.9 Å². The molecule has 2 N–H and O–H groups in total. The number of aromatic nitrogens is 1. The molecule has 3 heterocycles. The second-order valence-electron chi connectivity index (χ2n) is 9.13. The van der Waals surface area contributed by atoms with Gasteiger partial charge in [-0.1, -0.05) is 12.1 Å². The number of hydrazine groups is 1. The molecule has 1 saturated heterocycles. The Bertz CT molecular complexity index is 1250. The Morgan fingerprint density at radius 3 is 2.80 bits per heavy atom. The normalized spacial score (nSPS) is 23.5. The highest BCUT2D eigenvalue weighted by molar-refractivity contribution is 7.92. The highest BCUT2D eigenvalue weighted by atomic mass is 32.2. The Morgan fingerprint density at radius 1 is 1.26 bits per heavy atom. The van der Waals surface area contributed by atoms with Crippen LogP contribution in [-0.2, 0) is 21.1 Å². The third-order valence-electron chi connectivity index (χ3n) is 6.99. The van der Waals surface area contributed by atoms with Gasteiger partial charge in [-0.15, -0.1) is 11.3 Å². The van der Waals surface area contributed by atoms with Crippen molar-refractivity contribution in [3.63, 3.8) is 0 Å². The summed E-state index contributed by atoms with van der Waals surface area (Å²) < 4.78 is 33.5. The summed E-state index contributed by atoms with van der Waals surface area (Å²) in [6, 6.07) is 10.9. The van der Waals surface area contributed by atoms with Gasteiger partial charge in [-0.05, 0) is 60.9 Å². The van der Waals surface area contributed by atoms with Gasteiger partial charge in [-0.3, -0.25) is 15.2 Å². The maximum absolute atomic E-state index is 13.4. The summed E-state index contributed by atoms with van der Waals surface area (Å²) in [5.74, 6) is -0.157. The van der Waals surface area contributed by atoms with Crippen LogP contribution in [0.25, 0.3) is 10.1 Å². The van der Waals surface area contributed by atoms with Crippen LogP contribution in [-0.4, -0.2) is 61.9 Å². The third kappa shape index (κ3) is 5.12. The van der Waals surface area contributed by atoms with Crippen molar-refractivity contribution in [1.29, 1.82) is 0 Å². The number of fused-ring (bicyclic) bond motifs is 1. The van der Waals surface area contributed by atoms with Crippen LogP contribution in [0, 0.1) is 0 Å². The summed E-state index contributed by atoms with van der Waals surface area (Å²) >= 11 is 1.40. The van der Waals surface area contributed by atoms with Gasteiger partial charge in [-0.25, -0.2) is 13.4 Å². The Morgan fingerprint density at radius 2 is 2.09 bits per heavy atom. The monoisotopic (exact) mass is 514 g/mol. The number of amides is 1. The molecule has 10 heteroatoms. The molecule has 0 bridgehead atoms. The van der Waals surface area contributed by atoms with E-state index in [-0.39, 0.29) is 12.0 Å². The fourth-order valence-electron chi connectivity index (χ4n) is 5.07. The van der Waals surface area contributed by atoms with E-state index in [1.165, 1.54) is 11.3 Å². The minimum atomic E-state index is -3.53. The van der Waals surface area contributed by atoms with Crippen LogP contribution in [0.4, 0.5) is 0 Å². The molecule has 1 amide bonds. The molecule has 35 heavy (non-hydrogen) atoms. The standard InChI is InChI=1S/C25H30N4O4S2/c1-33-21-14-19(29-12-2-10-28-29)5-8-24(21)35(31,32)20-6-3-17(4-7-20)15-27-25(30)22-13-18-9-11-26-16-23(18)34-22/h3-4,6-7,9,11,13,16,19,21,24,28H,2,5,8,10,12,14-15H2,1H3,(H,27,30). The molecule has 0 radical (unpaired) electrons. The Balaban J connectivity index is 1.22. The topological polar surface area (TPSA) is 101 Å². The molecule has 3 aromatic rings. The first-order chi connectivity index (χ1) is 17.0. The van der Waals surface area contributed by atoms with Crippen molar-refractivity contribution in [2.45, 2.75) is 54.5 Å². The van der Waals surface area contributed by atoms with Crippen molar-refractivity contribution >= 4 is 37.2 Å². The number of rotatable bonds is 7. The number of hydrogen-bond donors (Lipinski definition) is 2. The van der Waals surface area contributed by atoms with Gasteiger partial charge in [0.1, 0.15) is 0 Å². The quantitative estimate of drug-likeness (QED) is 0.500. The summed E-state index contributed by atoms with van der Waals surface area (Å²) in [6.45, 7) is 2.29. The van der Waals surface area contributed by atoms with E-state index < -0.39 is 15.1 Å². The van der Waals surface area contributed by atoms with E-state index in [0.717, 1.165) is 41.6 Å². The maximum Gasteiger partial charge on any atom is 0.261 e. The molecule has 1 aliphatic carbocycles. The van der Waals surface area contributed by atoms with E-state index in [4.69, 9.17) is 4.74 Å². The molecule has 2 aliphatic rings. The molecular weight excluding hydrogens is 484 g/mol. The zero-order chi connectivity index (χ0) is 24.4. The predicted octanol–water partition coefficient (Wildman–Crippen LogP) is 3.15. The van der Waals surface area contributed by atoms with E-state index in [1.807, 2.05) is 12.1 Å². The van der Waals surface area contributed by atoms with Crippen LogP contribution in [0.2, 0.25) is 0 Å². The second-order valence-corrected chi connectivity index (χ2v) is 12.4. The van der Waals surface area contributed by atoms with E-state index in [9.17, 15) is 13.2 Å². The van der Waals surface area contributed by atoms with Crippen molar-refractivity contribution in [3.05, 3.63) is 59.2 Å². The van der Waals surface area contributed by atoms with Crippen LogP contribution in [0.1, 0.15) is 40.9 Å². The van der Waals surface area contributed by atoms with Gasteiger partial charge < -0.3 is 10.1 Å². The van der Waals surface area contributed by atoms with Gasteiger partial charge in [-0.2, -0.15) is 0 Å². The summed E-state index contributed by atoms with van der Waals surface area (Å²) in [4.78, 5) is 17.6.